The second-order valence-electron chi connectivity index (χ2n) is 3.45. The zero-order valence-corrected chi connectivity index (χ0v) is 10.3. The third kappa shape index (κ3) is 3.08. The average Bonchev–Trinajstić information content (AvgIpc) is 2.29. The van der Waals surface area contributed by atoms with E-state index in [0.29, 0.717) is 12.2 Å². The average molecular weight is 271 g/mol. The fraction of sp³-hybridized carbons (Fsp3) is 0.0833. The summed E-state index contributed by atoms with van der Waals surface area (Å²) in [5.74, 6) is -0.450. The maximum Gasteiger partial charge on any atom is 0.126 e. The molecule has 2 rings (SSSR count). The van der Waals surface area contributed by atoms with E-state index in [1.165, 1.54) is 12.1 Å². The lowest BCUT2D eigenvalue weighted by Gasteiger charge is -2.10. The van der Waals surface area contributed by atoms with Gasteiger partial charge in [0.15, 0.2) is 0 Å². The second kappa shape index (κ2) is 5.34. The summed E-state index contributed by atoms with van der Waals surface area (Å²) in [7, 11) is 0. The van der Waals surface area contributed by atoms with Crippen molar-refractivity contribution in [2.75, 3.05) is 5.32 Å². The Morgan fingerprint density at radius 1 is 1.12 bits per heavy atom. The number of aromatic nitrogens is 1. The number of hydrogen-bond acceptors (Lipinski definition) is 2. The minimum atomic E-state index is -0.450. The van der Waals surface area contributed by atoms with Crippen molar-refractivity contribution >= 4 is 28.9 Å². The monoisotopic (exact) mass is 270 g/mol. The molecule has 1 N–H and O–H groups in total. The van der Waals surface area contributed by atoms with E-state index in [1.807, 2.05) is 12.1 Å². The molecule has 0 radical (unpaired) electrons. The Balaban J connectivity index is 2.15. The molecule has 2 aromatic rings. The van der Waals surface area contributed by atoms with Crippen LogP contribution in [0.5, 0.6) is 0 Å². The van der Waals surface area contributed by atoms with Gasteiger partial charge in [-0.15, -0.1) is 0 Å². The molecule has 0 fully saturated rings. The molecule has 0 saturated heterocycles. The fourth-order valence-electron chi connectivity index (χ4n) is 1.40. The number of rotatable bonds is 3. The third-order valence-electron chi connectivity index (χ3n) is 2.23. The first-order chi connectivity index (χ1) is 8.16. The molecule has 88 valence electrons. The molecule has 1 aromatic heterocycles. The first-order valence-electron chi connectivity index (χ1n) is 4.94. The van der Waals surface area contributed by atoms with Gasteiger partial charge in [-0.2, -0.15) is 0 Å². The van der Waals surface area contributed by atoms with Crippen LogP contribution in [0.2, 0.25) is 10.0 Å². The highest BCUT2D eigenvalue weighted by Crippen LogP contribution is 2.31. The van der Waals surface area contributed by atoms with Crippen LogP contribution in [0.3, 0.4) is 0 Å². The van der Waals surface area contributed by atoms with Gasteiger partial charge in [0.25, 0.3) is 0 Å². The van der Waals surface area contributed by atoms with Gasteiger partial charge in [0, 0.05) is 18.9 Å². The van der Waals surface area contributed by atoms with E-state index in [-0.39, 0.29) is 10.0 Å². The molecule has 0 aliphatic rings. The van der Waals surface area contributed by atoms with Gasteiger partial charge in [0.05, 0.1) is 15.7 Å². The maximum absolute atomic E-state index is 13.0. The first-order valence-corrected chi connectivity index (χ1v) is 5.70. The summed E-state index contributed by atoms with van der Waals surface area (Å²) in [4.78, 5) is 3.92. The summed E-state index contributed by atoms with van der Waals surface area (Å²) in [5, 5.41) is 3.60. The summed E-state index contributed by atoms with van der Waals surface area (Å²) in [5.41, 5.74) is 1.57. The van der Waals surface area contributed by atoms with Gasteiger partial charge >= 0.3 is 0 Å². The van der Waals surface area contributed by atoms with Crippen molar-refractivity contribution in [2.24, 2.45) is 0 Å². The van der Waals surface area contributed by atoms with Crippen LogP contribution in [0.4, 0.5) is 10.1 Å². The van der Waals surface area contributed by atoms with Gasteiger partial charge in [-0.25, -0.2) is 4.39 Å². The molecule has 0 aliphatic carbocycles. The first kappa shape index (κ1) is 12.1. The van der Waals surface area contributed by atoms with Gasteiger partial charge in [-0.05, 0) is 29.8 Å². The number of pyridine rings is 1. The molecule has 5 heteroatoms. The van der Waals surface area contributed by atoms with Gasteiger partial charge in [-0.1, -0.05) is 23.2 Å². The Bertz CT molecular complexity index is 494. The molecule has 0 amide bonds. The van der Waals surface area contributed by atoms with Crippen LogP contribution >= 0.6 is 23.2 Å². The van der Waals surface area contributed by atoms with E-state index in [9.17, 15) is 4.39 Å². The quantitative estimate of drug-likeness (QED) is 0.907. The second-order valence-corrected chi connectivity index (χ2v) is 4.27. The van der Waals surface area contributed by atoms with Crippen molar-refractivity contribution in [1.29, 1.82) is 0 Å². The molecule has 1 heterocycles. The molecule has 0 bridgehead atoms. The SMILES string of the molecule is Fc1cc(Cl)c(NCc2ccncc2)c(Cl)c1. The molecule has 17 heavy (non-hydrogen) atoms. The minimum absolute atomic E-state index is 0.268. The van der Waals surface area contributed by atoms with E-state index < -0.39 is 5.82 Å². The van der Waals surface area contributed by atoms with E-state index >= 15 is 0 Å². The standard InChI is InChI=1S/C12H9Cl2FN2/c13-10-5-9(15)6-11(14)12(10)17-7-8-1-3-16-4-2-8/h1-6,17H,7H2. The van der Waals surface area contributed by atoms with Gasteiger partial charge in [0.2, 0.25) is 0 Å². The van der Waals surface area contributed by atoms with Crippen LogP contribution in [0, 0.1) is 5.82 Å². The number of anilines is 1. The number of nitrogens with zero attached hydrogens (tertiary/aromatic N) is 1. The third-order valence-corrected chi connectivity index (χ3v) is 2.82. The Labute approximate surface area is 108 Å². The lowest BCUT2D eigenvalue weighted by molar-refractivity contribution is 0.628. The molecular formula is C12H9Cl2FN2. The molecule has 0 atom stereocenters. The van der Waals surface area contributed by atoms with Gasteiger partial charge in [0.1, 0.15) is 5.82 Å². The summed E-state index contributed by atoms with van der Waals surface area (Å²) in [6.07, 6.45) is 3.40. The van der Waals surface area contributed by atoms with Crippen LogP contribution in [-0.2, 0) is 6.54 Å². The van der Waals surface area contributed by atoms with E-state index in [4.69, 9.17) is 23.2 Å². The Morgan fingerprint density at radius 3 is 2.29 bits per heavy atom. The molecule has 2 nitrogen and oxygen atoms in total. The lowest BCUT2D eigenvalue weighted by atomic mass is 10.2. The molecule has 0 unspecified atom stereocenters. The highest BCUT2D eigenvalue weighted by Gasteiger charge is 2.07. The van der Waals surface area contributed by atoms with Gasteiger partial charge in [-0.3, -0.25) is 4.98 Å². The molecule has 0 saturated carbocycles. The zero-order valence-electron chi connectivity index (χ0n) is 8.75. The van der Waals surface area contributed by atoms with Gasteiger partial charge < -0.3 is 5.32 Å². The summed E-state index contributed by atoms with van der Waals surface area (Å²) in [6.45, 7) is 0.549. The molecular weight excluding hydrogens is 262 g/mol. The van der Waals surface area contributed by atoms with Crippen LogP contribution in [0.1, 0.15) is 5.56 Å². The van der Waals surface area contributed by atoms with Crippen molar-refractivity contribution in [1.82, 2.24) is 4.98 Å². The lowest BCUT2D eigenvalue weighted by Crippen LogP contribution is -2.01. The maximum atomic E-state index is 13.0. The highest BCUT2D eigenvalue weighted by molar-refractivity contribution is 6.39. The number of hydrogen-bond donors (Lipinski definition) is 1. The molecule has 1 aromatic carbocycles. The van der Waals surface area contributed by atoms with Crippen molar-refractivity contribution < 1.29 is 4.39 Å². The van der Waals surface area contributed by atoms with Crippen LogP contribution in [-0.4, -0.2) is 4.98 Å². The minimum Gasteiger partial charge on any atom is -0.379 e. The Kier molecular flexibility index (Phi) is 3.82. The molecule has 0 spiro atoms. The smallest absolute Gasteiger partial charge is 0.126 e. The van der Waals surface area contributed by atoms with Crippen LogP contribution in [0.25, 0.3) is 0 Å². The highest BCUT2D eigenvalue weighted by atomic mass is 35.5. The van der Waals surface area contributed by atoms with E-state index in [0.717, 1.165) is 5.56 Å². The largest absolute Gasteiger partial charge is 0.379 e. The summed E-state index contributed by atoms with van der Waals surface area (Å²) >= 11 is 11.8. The Morgan fingerprint density at radius 2 is 1.71 bits per heavy atom. The van der Waals surface area contributed by atoms with Crippen molar-refractivity contribution in [3.05, 3.63) is 58.1 Å². The number of halogens is 3. The fourth-order valence-corrected chi connectivity index (χ4v) is 2.00. The van der Waals surface area contributed by atoms with Crippen molar-refractivity contribution in [3.8, 4) is 0 Å². The summed E-state index contributed by atoms with van der Waals surface area (Å²) < 4.78 is 13.0. The predicted octanol–water partition coefficient (Wildman–Crippen LogP) is 4.14. The van der Waals surface area contributed by atoms with Crippen molar-refractivity contribution in [3.63, 3.8) is 0 Å². The van der Waals surface area contributed by atoms with Crippen LogP contribution in [0.15, 0.2) is 36.7 Å². The van der Waals surface area contributed by atoms with Crippen LogP contribution < -0.4 is 5.32 Å². The number of nitrogens with one attached hydrogen (secondary N) is 1. The zero-order chi connectivity index (χ0) is 12.3. The Hall–Kier alpha value is -1.32. The number of benzene rings is 1. The normalized spacial score (nSPS) is 10.3. The van der Waals surface area contributed by atoms with E-state index in [2.05, 4.69) is 10.3 Å². The predicted molar refractivity (Wildman–Crippen MR) is 68.0 cm³/mol. The van der Waals surface area contributed by atoms with E-state index in [1.54, 1.807) is 12.4 Å². The topological polar surface area (TPSA) is 24.9 Å². The summed E-state index contributed by atoms with van der Waals surface area (Å²) in [6, 6.07) is 6.20. The van der Waals surface area contributed by atoms with Crippen molar-refractivity contribution in [2.45, 2.75) is 6.54 Å². The molecule has 0 aliphatic heterocycles.